The lowest BCUT2D eigenvalue weighted by Gasteiger charge is -2.35. The first-order valence-electron chi connectivity index (χ1n) is 9.60. The second-order valence-electron chi connectivity index (χ2n) is 7.99. The lowest BCUT2D eigenvalue weighted by Crippen LogP contribution is -2.48. The molecule has 0 spiro atoms. The summed E-state index contributed by atoms with van der Waals surface area (Å²) >= 11 is 12.0. The molecule has 1 atom stereocenters. The summed E-state index contributed by atoms with van der Waals surface area (Å²) in [5.74, 6) is -0.117. The highest BCUT2D eigenvalue weighted by Crippen LogP contribution is 2.25. The van der Waals surface area contributed by atoms with Crippen molar-refractivity contribution in [3.8, 4) is 0 Å². The number of halogens is 2. The summed E-state index contributed by atoms with van der Waals surface area (Å²) in [7, 11) is 0. The summed E-state index contributed by atoms with van der Waals surface area (Å²) in [5.41, 5.74) is -0.00305. The summed E-state index contributed by atoms with van der Waals surface area (Å²) in [6, 6.07) is 5.16. The van der Waals surface area contributed by atoms with Gasteiger partial charge in [-0.1, -0.05) is 29.6 Å². The van der Waals surface area contributed by atoms with Crippen molar-refractivity contribution in [3.63, 3.8) is 0 Å². The smallest absolute Gasteiger partial charge is 0.407 e. The molecule has 156 valence electrons. The number of piperidine rings is 1. The number of likely N-dealkylation sites (tertiary alicyclic amines) is 1. The summed E-state index contributed by atoms with van der Waals surface area (Å²) in [6.07, 6.45) is 3.11. The average Bonchev–Trinajstić information content (AvgIpc) is 2.60. The van der Waals surface area contributed by atoms with Crippen LogP contribution in [0.25, 0.3) is 0 Å². The topological polar surface area (TPSA) is 70.7 Å². The van der Waals surface area contributed by atoms with Gasteiger partial charge in [0.25, 0.3) is 0 Å². The molecule has 0 bridgehead atoms. The van der Waals surface area contributed by atoms with Crippen LogP contribution in [0.15, 0.2) is 18.2 Å². The zero-order valence-corrected chi connectivity index (χ0v) is 18.2. The molecule has 1 aromatic rings. The number of benzene rings is 1. The van der Waals surface area contributed by atoms with Gasteiger partial charge in [0.15, 0.2) is 0 Å². The minimum Gasteiger partial charge on any atom is -0.444 e. The van der Waals surface area contributed by atoms with E-state index in [1.807, 2.05) is 20.8 Å². The number of nitrogens with zero attached hydrogens (tertiary/aromatic N) is 1. The largest absolute Gasteiger partial charge is 0.444 e. The molecular weight excluding hydrogens is 401 g/mol. The van der Waals surface area contributed by atoms with Crippen LogP contribution in [-0.4, -0.2) is 48.2 Å². The summed E-state index contributed by atoms with van der Waals surface area (Å²) in [4.78, 5) is 26.5. The number of hydrogen-bond acceptors (Lipinski definition) is 4. The molecule has 1 aromatic carbocycles. The lowest BCUT2D eigenvalue weighted by atomic mass is 10.0. The molecule has 2 rings (SSSR count). The number of ether oxygens (including phenoxy) is 1. The standard InChI is InChI=1S/C20H29Cl2N3O3/c1-20(2,3)28-19(27)23-13-15-6-4-5-10-25(15)11-9-18(26)24-17-12-14(21)7-8-16(17)22/h7-8,12,15H,4-6,9-11,13H2,1-3H3,(H,23,27)(H,24,26). The van der Waals surface area contributed by atoms with E-state index in [0.29, 0.717) is 35.2 Å². The van der Waals surface area contributed by atoms with Crippen LogP contribution in [-0.2, 0) is 9.53 Å². The molecule has 6 nitrogen and oxygen atoms in total. The minimum atomic E-state index is -0.518. The molecule has 8 heteroatoms. The molecule has 1 saturated heterocycles. The highest BCUT2D eigenvalue weighted by atomic mass is 35.5. The second kappa shape index (κ2) is 10.3. The monoisotopic (exact) mass is 429 g/mol. The molecule has 2 amide bonds. The predicted molar refractivity (Wildman–Crippen MR) is 113 cm³/mol. The van der Waals surface area contributed by atoms with Crippen molar-refractivity contribution in [2.75, 3.05) is 25.0 Å². The van der Waals surface area contributed by atoms with Crippen molar-refractivity contribution < 1.29 is 14.3 Å². The molecule has 0 aliphatic carbocycles. The minimum absolute atomic E-state index is 0.117. The Balaban J connectivity index is 1.82. The number of rotatable bonds is 6. The fourth-order valence-corrected chi connectivity index (χ4v) is 3.49. The van der Waals surface area contributed by atoms with E-state index in [1.54, 1.807) is 18.2 Å². The molecule has 1 unspecified atom stereocenters. The fraction of sp³-hybridized carbons (Fsp3) is 0.600. The summed E-state index contributed by atoms with van der Waals surface area (Å²) < 4.78 is 5.29. The molecule has 1 heterocycles. The number of nitrogens with one attached hydrogen (secondary N) is 2. The summed E-state index contributed by atoms with van der Waals surface area (Å²) in [5, 5.41) is 6.63. The van der Waals surface area contributed by atoms with Gasteiger partial charge in [-0.15, -0.1) is 0 Å². The van der Waals surface area contributed by atoms with Gasteiger partial charge in [-0.05, 0) is 58.4 Å². The maximum absolute atomic E-state index is 12.3. The third-order valence-electron chi connectivity index (χ3n) is 4.46. The number of anilines is 1. The molecule has 1 aliphatic rings. The SMILES string of the molecule is CC(C)(C)OC(=O)NCC1CCCCN1CCC(=O)Nc1cc(Cl)ccc1Cl. The predicted octanol–water partition coefficient (Wildman–Crippen LogP) is 4.70. The van der Waals surface area contributed by atoms with Gasteiger partial charge in [0.05, 0.1) is 10.7 Å². The maximum atomic E-state index is 12.3. The zero-order valence-electron chi connectivity index (χ0n) is 16.7. The van der Waals surface area contributed by atoms with Gasteiger partial charge < -0.3 is 15.4 Å². The Hall–Kier alpha value is -1.50. The summed E-state index contributed by atoms with van der Waals surface area (Å²) in [6.45, 7) is 7.55. The second-order valence-corrected chi connectivity index (χ2v) is 8.83. The van der Waals surface area contributed by atoms with E-state index in [4.69, 9.17) is 27.9 Å². The Bertz CT molecular complexity index is 692. The van der Waals surface area contributed by atoms with Crippen molar-refractivity contribution >= 4 is 40.9 Å². The van der Waals surface area contributed by atoms with Gasteiger partial charge in [0, 0.05) is 30.6 Å². The van der Waals surface area contributed by atoms with Gasteiger partial charge in [0.1, 0.15) is 5.60 Å². The fourth-order valence-electron chi connectivity index (χ4n) is 3.15. The van der Waals surface area contributed by atoms with E-state index in [-0.39, 0.29) is 11.9 Å². The zero-order chi connectivity index (χ0) is 20.7. The van der Waals surface area contributed by atoms with E-state index in [0.717, 1.165) is 25.8 Å². The van der Waals surface area contributed by atoms with Crippen LogP contribution in [0.1, 0.15) is 46.5 Å². The Labute approximate surface area is 176 Å². The van der Waals surface area contributed by atoms with E-state index < -0.39 is 11.7 Å². The Morgan fingerprint density at radius 1 is 1.25 bits per heavy atom. The van der Waals surface area contributed by atoms with Gasteiger partial charge in [0.2, 0.25) is 5.91 Å². The third-order valence-corrected chi connectivity index (χ3v) is 5.02. The Kier molecular flexibility index (Phi) is 8.40. The highest BCUT2D eigenvalue weighted by molar-refractivity contribution is 6.35. The van der Waals surface area contributed by atoms with E-state index in [2.05, 4.69) is 15.5 Å². The van der Waals surface area contributed by atoms with Crippen molar-refractivity contribution in [2.45, 2.75) is 58.1 Å². The van der Waals surface area contributed by atoms with Gasteiger partial charge in [-0.2, -0.15) is 0 Å². The molecular formula is C20H29Cl2N3O3. The molecule has 0 saturated carbocycles. The van der Waals surface area contributed by atoms with Crippen LogP contribution >= 0.6 is 23.2 Å². The number of hydrogen-bond donors (Lipinski definition) is 2. The molecule has 1 fully saturated rings. The van der Waals surface area contributed by atoms with Gasteiger partial charge in [-0.3, -0.25) is 9.69 Å². The first-order valence-corrected chi connectivity index (χ1v) is 10.4. The van der Waals surface area contributed by atoms with Crippen LogP contribution in [0.5, 0.6) is 0 Å². The van der Waals surface area contributed by atoms with E-state index in [9.17, 15) is 9.59 Å². The molecule has 28 heavy (non-hydrogen) atoms. The van der Waals surface area contributed by atoms with Crippen LogP contribution < -0.4 is 10.6 Å². The van der Waals surface area contributed by atoms with Gasteiger partial charge in [-0.25, -0.2) is 4.79 Å². The van der Waals surface area contributed by atoms with Gasteiger partial charge >= 0.3 is 6.09 Å². The quantitative estimate of drug-likeness (QED) is 0.686. The molecule has 1 aliphatic heterocycles. The highest BCUT2D eigenvalue weighted by Gasteiger charge is 2.24. The first kappa shape index (κ1) is 22.8. The lowest BCUT2D eigenvalue weighted by molar-refractivity contribution is -0.116. The van der Waals surface area contributed by atoms with Crippen LogP contribution in [0, 0.1) is 0 Å². The number of alkyl carbamates (subject to hydrolysis) is 1. The molecule has 0 aromatic heterocycles. The van der Waals surface area contributed by atoms with Crippen molar-refractivity contribution in [1.82, 2.24) is 10.2 Å². The first-order chi connectivity index (χ1) is 13.1. The Morgan fingerprint density at radius 2 is 2.00 bits per heavy atom. The van der Waals surface area contributed by atoms with Crippen LogP contribution in [0.3, 0.4) is 0 Å². The van der Waals surface area contributed by atoms with Crippen molar-refractivity contribution in [3.05, 3.63) is 28.2 Å². The Morgan fingerprint density at radius 3 is 2.71 bits per heavy atom. The number of carbonyl (C=O) groups excluding carboxylic acids is 2. The molecule has 0 radical (unpaired) electrons. The van der Waals surface area contributed by atoms with Crippen molar-refractivity contribution in [1.29, 1.82) is 0 Å². The normalized spacial score (nSPS) is 17.8. The third kappa shape index (κ3) is 7.86. The van der Waals surface area contributed by atoms with E-state index >= 15 is 0 Å². The maximum Gasteiger partial charge on any atom is 0.407 e. The average molecular weight is 430 g/mol. The van der Waals surface area contributed by atoms with Crippen LogP contribution in [0.2, 0.25) is 10.0 Å². The van der Waals surface area contributed by atoms with E-state index in [1.165, 1.54) is 0 Å². The molecule has 2 N–H and O–H groups in total. The van der Waals surface area contributed by atoms with Crippen molar-refractivity contribution in [2.24, 2.45) is 0 Å². The van der Waals surface area contributed by atoms with Crippen LogP contribution in [0.4, 0.5) is 10.5 Å². The number of carbonyl (C=O) groups is 2. The number of amides is 2.